The maximum absolute atomic E-state index is 10.9. The smallest absolute Gasteiger partial charge is 0.217 e. The van der Waals surface area contributed by atoms with Gasteiger partial charge in [0.15, 0.2) is 0 Å². The fourth-order valence-electron chi connectivity index (χ4n) is 1.49. The summed E-state index contributed by atoms with van der Waals surface area (Å²) in [4.78, 5) is 10.9. The largest absolute Gasteiger partial charge is 0.353 e. The summed E-state index contributed by atoms with van der Waals surface area (Å²) in [7, 11) is 0. The zero-order valence-electron chi connectivity index (χ0n) is 9.09. The van der Waals surface area contributed by atoms with E-state index in [-0.39, 0.29) is 11.9 Å². The van der Waals surface area contributed by atoms with Crippen LogP contribution in [-0.2, 0) is 11.2 Å². The fourth-order valence-corrected chi connectivity index (χ4v) is 1.85. The van der Waals surface area contributed by atoms with Crippen LogP contribution >= 0.6 is 22.6 Å². The summed E-state index contributed by atoms with van der Waals surface area (Å²) >= 11 is 2.29. The van der Waals surface area contributed by atoms with Crippen molar-refractivity contribution in [1.82, 2.24) is 5.32 Å². The number of halogens is 1. The van der Waals surface area contributed by atoms with Crippen LogP contribution in [0.1, 0.15) is 25.8 Å². The predicted molar refractivity (Wildman–Crippen MR) is 70.8 cm³/mol. The van der Waals surface area contributed by atoms with Crippen LogP contribution in [0.3, 0.4) is 0 Å². The molecule has 0 aliphatic carbocycles. The van der Waals surface area contributed by atoms with E-state index >= 15 is 0 Å². The van der Waals surface area contributed by atoms with E-state index in [0.29, 0.717) is 0 Å². The molecule has 0 spiro atoms. The van der Waals surface area contributed by atoms with E-state index in [9.17, 15) is 4.79 Å². The summed E-state index contributed by atoms with van der Waals surface area (Å²) < 4.78 is 1.24. The first-order chi connectivity index (χ1) is 7.11. The van der Waals surface area contributed by atoms with E-state index in [1.165, 1.54) is 9.13 Å². The molecule has 0 saturated heterocycles. The van der Waals surface area contributed by atoms with Crippen molar-refractivity contribution in [3.63, 3.8) is 0 Å². The van der Waals surface area contributed by atoms with Crippen molar-refractivity contribution in [2.75, 3.05) is 0 Å². The molecule has 3 heteroatoms. The summed E-state index contributed by atoms with van der Waals surface area (Å²) in [5.41, 5.74) is 1.27. The predicted octanol–water partition coefficient (Wildman–Crippen LogP) is 2.75. The third-order valence-electron chi connectivity index (χ3n) is 2.30. The van der Waals surface area contributed by atoms with Crippen molar-refractivity contribution in [2.45, 2.75) is 32.7 Å². The molecule has 0 aliphatic rings. The Morgan fingerprint density at radius 2 is 2.00 bits per heavy atom. The van der Waals surface area contributed by atoms with Crippen LogP contribution in [0.25, 0.3) is 0 Å². The third kappa shape index (κ3) is 4.64. The maximum atomic E-state index is 10.9. The van der Waals surface area contributed by atoms with Gasteiger partial charge < -0.3 is 5.32 Å². The van der Waals surface area contributed by atoms with Gasteiger partial charge in [0.1, 0.15) is 0 Å². The van der Waals surface area contributed by atoms with Gasteiger partial charge in [-0.15, -0.1) is 0 Å². The van der Waals surface area contributed by atoms with E-state index in [1.807, 2.05) is 0 Å². The van der Waals surface area contributed by atoms with E-state index in [0.717, 1.165) is 12.8 Å². The van der Waals surface area contributed by atoms with Gasteiger partial charge in [-0.3, -0.25) is 4.79 Å². The second kappa shape index (κ2) is 6.10. The summed E-state index contributed by atoms with van der Waals surface area (Å²) in [6.45, 7) is 3.66. The van der Waals surface area contributed by atoms with Crippen LogP contribution in [0.4, 0.5) is 0 Å². The highest BCUT2D eigenvalue weighted by atomic mass is 127. The Kier molecular flexibility index (Phi) is 5.08. The average Bonchev–Trinajstić information content (AvgIpc) is 2.19. The molecule has 82 valence electrons. The fraction of sp³-hybridized carbons (Fsp3) is 0.417. The lowest BCUT2D eigenvalue weighted by molar-refractivity contribution is -0.119. The first-order valence-corrected chi connectivity index (χ1v) is 6.21. The lowest BCUT2D eigenvalue weighted by Crippen LogP contribution is -2.34. The quantitative estimate of drug-likeness (QED) is 0.850. The summed E-state index contributed by atoms with van der Waals surface area (Å²) in [5, 5.41) is 2.95. The van der Waals surface area contributed by atoms with E-state index < -0.39 is 0 Å². The Morgan fingerprint density at radius 3 is 2.47 bits per heavy atom. The van der Waals surface area contributed by atoms with Crippen LogP contribution in [0.2, 0.25) is 0 Å². The minimum absolute atomic E-state index is 0.0485. The van der Waals surface area contributed by atoms with Gasteiger partial charge in [-0.2, -0.15) is 0 Å². The van der Waals surface area contributed by atoms with Crippen LogP contribution in [-0.4, -0.2) is 11.9 Å². The number of carbonyl (C=O) groups is 1. The maximum Gasteiger partial charge on any atom is 0.217 e. The van der Waals surface area contributed by atoms with Crippen LogP contribution in [0.5, 0.6) is 0 Å². The van der Waals surface area contributed by atoms with Crippen molar-refractivity contribution >= 4 is 28.5 Å². The van der Waals surface area contributed by atoms with Crippen molar-refractivity contribution in [3.8, 4) is 0 Å². The molecule has 0 radical (unpaired) electrons. The molecule has 0 fully saturated rings. The first kappa shape index (κ1) is 12.5. The molecule has 0 heterocycles. The minimum Gasteiger partial charge on any atom is -0.353 e. The molecule has 0 bridgehead atoms. The van der Waals surface area contributed by atoms with E-state index in [4.69, 9.17) is 0 Å². The molecule has 1 unspecified atom stereocenters. The molecule has 1 aromatic carbocycles. The Hall–Kier alpha value is -0.580. The number of hydrogen-bond acceptors (Lipinski definition) is 1. The average molecular weight is 317 g/mol. The molecule has 2 nitrogen and oxygen atoms in total. The van der Waals surface area contributed by atoms with Crippen molar-refractivity contribution in [3.05, 3.63) is 33.4 Å². The molecule has 1 rings (SSSR count). The van der Waals surface area contributed by atoms with Gasteiger partial charge in [0, 0.05) is 16.5 Å². The molecule has 0 aromatic heterocycles. The number of nitrogens with one attached hydrogen (secondary N) is 1. The van der Waals surface area contributed by atoms with E-state index in [1.54, 1.807) is 6.92 Å². The van der Waals surface area contributed by atoms with Gasteiger partial charge in [0.25, 0.3) is 0 Å². The molecule has 1 aromatic rings. The molecule has 0 aliphatic heterocycles. The number of carbonyl (C=O) groups excluding carboxylic acids is 1. The van der Waals surface area contributed by atoms with Gasteiger partial charge in [-0.25, -0.2) is 0 Å². The number of amides is 1. The molecule has 0 saturated carbocycles. The van der Waals surface area contributed by atoms with Crippen molar-refractivity contribution in [1.29, 1.82) is 0 Å². The lowest BCUT2D eigenvalue weighted by atomic mass is 10.0. The van der Waals surface area contributed by atoms with Gasteiger partial charge in [0.05, 0.1) is 0 Å². The van der Waals surface area contributed by atoms with Gasteiger partial charge >= 0.3 is 0 Å². The molecule has 15 heavy (non-hydrogen) atoms. The second-order valence-electron chi connectivity index (χ2n) is 3.64. The number of hydrogen-bond donors (Lipinski definition) is 1. The van der Waals surface area contributed by atoms with Crippen molar-refractivity contribution < 1.29 is 4.79 Å². The molecule has 1 atom stereocenters. The second-order valence-corrected chi connectivity index (χ2v) is 4.88. The van der Waals surface area contributed by atoms with Crippen LogP contribution in [0.15, 0.2) is 24.3 Å². The SMILES string of the molecule is CCC(Cc1ccc(I)cc1)NC(C)=O. The number of rotatable bonds is 4. The molecule has 1 amide bonds. The molecule has 1 N–H and O–H groups in total. The topological polar surface area (TPSA) is 29.1 Å². The summed E-state index contributed by atoms with van der Waals surface area (Å²) in [6.07, 6.45) is 1.87. The Balaban J connectivity index is 2.58. The third-order valence-corrected chi connectivity index (χ3v) is 3.01. The van der Waals surface area contributed by atoms with Crippen LogP contribution in [0, 0.1) is 3.57 Å². The summed E-state index contributed by atoms with van der Waals surface area (Å²) in [5.74, 6) is 0.0485. The zero-order valence-corrected chi connectivity index (χ0v) is 11.2. The Labute approximate surface area is 105 Å². The van der Waals surface area contributed by atoms with E-state index in [2.05, 4.69) is 59.1 Å². The monoisotopic (exact) mass is 317 g/mol. The Morgan fingerprint density at radius 1 is 1.40 bits per heavy atom. The zero-order chi connectivity index (χ0) is 11.3. The minimum atomic E-state index is 0.0485. The van der Waals surface area contributed by atoms with Gasteiger partial charge in [-0.1, -0.05) is 19.1 Å². The Bertz CT molecular complexity index is 321. The highest BCUT2D eigenvalue weighted by Crippen LogP contribution is 2.09. The number of benzene rings is 1. The standard InChI is InChI=1S/C12H16INO/c1-3-12(14-9(2)15)8-10-4-6-11(13)7-5-10/h4-7,12H,3,8H2,1-2H3,(H,14,15). The van der Waals surface area contributed by atoms with Crippen molar-refractivity contribution in [2.24, 2.45) is 0 Å². The van der Waals surface area contributed by atoms with Gasteiger partial charge in [0.2, 0.25) is 5.91 Å². The lowest BCUT2D eigenvalue weighted by Gasteiger charge is -2.15. The highest BCUT2D eigenvalue weighted by Gasteiger charge is 2.07. The van der Waals surface area contributed by atoms with Gasteiger partial charge in [-0.05, 0) is 53.1 Å². The normalized spacial score (nSPS) is 12.2. The molecular weight excluding hydrogens is 301 g/mol. The summed E-state index contributed by atoms with van der Waals surface area (Å²) in [6, 6.07) is 8.67. The molecular formula is C12H16INO. The van der Waals surface area contributed by atoms with Crippen LogP contribution < -0.4 is 5.32 Å². The highest BCUT2D eigenvalue weighted by molar-refractivity contribution is 14.1. The first-order valence-electron chi connectivity index (χ1n) is 5.13.